The molecule has 1 atom stereocenters. The Balaban J connectivity index is 2.22. The molecule has 2 aliphatic rings. The first kappa shape index (κ1) is 18.8. The third-order valence-electron chi connectivity index (χ3n) is 5.67. The summed E-state index contributed by atoms with van der Waals surface area (Å²) in [5.74, 6) is -1.11. The molecule has 1 fully saturated rings. The highest BCUT2D eigenvalue weighted by molar-refractivity contribution is 6.20. The van der Waals surface area contributed by atoms with E-state index >= 15 is 0 Å². The van der Waals surface area contributed by atoms with Crippen molar-refractivity contribution in [2.75, 3.05) is 26.0 Å². The highest BCUT2D eigenvalue weighted by Crippen LogP contribution is 2.47. The first-order valence-corrected chi connectivity index (χ1v) is 8.77. The Bertz CT molecular complexity index is 828. The summed E-state index contributed by atoms with van der Waals surface area (Å²) in [6, 6.07) is 3.36. The number of carbonyl (C=O) groups is 3. The fourth-order valence-electron chi connectivity index (χ4n) is 4.33. The van der Waals surface area contributed by atoms with E-state index in [9.17, 15) is 24.5 Å². The monoisotopic (exact) mass is 374 g/mol. The molecular formula is C18H22N4O5. The number of non-ortho nitro benzene ring substituents is 1. The van der Waals surface area contributed by atoms with E-state index in [1.807, 2.05) is 11.8 Å². The number of rotatable bonds is 3. The van der Waals surface area contributed by atoms with Crippen LogP contribution in [0.2, 0.25) is 0 Å². The highest BCUT2D eigenvalue weighted by Gasteiger charge is 2.62. The molecule has 27 heavy (non-hydrogen) atoms. The second kappa shape index (κ2) is 6.33. The van der Waals surface area contributed by atoms with Crippen LogP contribution in [0.15, 0.2) is 18.2 Å². The predicted molar refractivity (Wildman–Crippen MR) is 97.3 cm³/mol. The number of benzene rings is 1. The summed E-state index contributed by atoms with van der Waals surface area (Å²) in [6.45, 7) is 1.96. The number of nitro groups is 1. The summed E-state index contributed by atoms with van der Waals surface area (Å²) >= 11 is 0. The van der Waals surface area contributed by atoms with Crippen molar-refractivity contribution < 1.29 is 19.3 Å². The third-order valence-corrected chi connectivity index (χ3v) is 5.67. The number of barbiturate groups is 1. The Labute approximate surface area is 156 Å². The molecule has 9 heteroatoms. The van der Waals surface area contributed by atoms with Crippen molar-refractivity contribution in [3.8, 4) is 0 Å². The summed E-state index contributed by atoms with van der Waals surface area (Å²) in [4.78, 5) is 53.1. The molecule has 9 nitrogen and oxygen atoms in total. The van der Waals surface area contributed by atoms with E-state index < -0.39 is 34.2 Å². The number of nitrogens with zero attached hydrogens (tertiary/aromatic N) is 4. The topological polar surface area (TPSA) is 104 Å². The zero-order valence-corrected chi connectivity index (χ0v) is 15.8. The molecule has 2 aliphatic heterocycles. The van der Waals surface area contributed by atoms with Gasteiger partial charge in [0, 0.05) is 45.4 Å². The van der Waals surface area contributed by atoms with Crippen molar-refractivity contribution in [3.05, 3.63) is 33.9 Å². The molecule has 0 bridgehead atoms. The normalized spacial score (nSPS) is 21.7. The van der Waals surface area contributed by atoms with Gasteiger partial charge in [0.15, 0.2) is 5.41 Å². The maximum atomic E-state index is 13.2. The van der Waals surface area contributed by atoms with E-state index in [1.54, 1.807) is 13.1 Å². The Morgan fingerprint density at radius 1 is 1.15 bits per heavy atom. The van der Waals surface area contributed by atoms with Gasteiger partial charge >= 0.3 is 6.03 Å². The lowest BCUT2D eigenvalue weighted by atomic mass is 9.67. The number of nitro benzene ring substituents is 1. The van der Waals surface area contributed by atoms with Crippen LogP contribution in [0.4, 0.5) is 16.2 Å². The highest BCUT2D eigenvalue weighted by atomic mass is 16.6. The maximum Gasteiger partial charge on any atom is 0.332 e. The average Bonchev–Trinajstić information content (AvgIpc) is 2.65. The molecule has 0 unspecified atom stereocenters. The van der Waals surface area contributed by atoms with E-state index in [2.05, 4.69) is 0 Å². The van der Waals surface area contributed by atoms with Gasteiger partial charge in [-0.25, -0.2) is 4.79 Å². The Morgan fingerprint density at radius 3 is 2.26 bits per heavy atom. The van der Waals surface area contributed by atoms with Crippen LogP contribution in [0.1, 0.15) is 25.3 Å². The lowest BCUT2D eigenvalue weighted by molar-refractivity contribution is -0.384. The van der Waals surface area contributed by atoms with Crippen molar-refractivity contribution >= 4 is 29.2 Å². The number of imide groups is 2. The summed E-state index contributed by atoms with van der Waals surface area (Å²) < 4.78 is 0. The Morgan fingerprint density at radius 2 is 1.74 bits per heavy atom. The minimum atomic E-state index is -1.48. The molecule has 1 aromatic rings. The molecule has 2 heterocycles. The average molecular weight is 374 g/mol. The van der Waals surface area contributed by atoms with E-state index in [0.29, 0.717) is 12.0 Å². The summed E-state index contributed by atoms with van der Waals surface area (Å²) in [7, 11) is 4.51. The van der Waals surface area contributed by atoms with Gasteiger partial charge in [0.25, 0.3) is 5.69 Å². The first-order chi connectivity index (χ1) is 12.7. The smallest absolute Gasteiger partial charge is 0.332 e. The van der Waals surface area contributed by atoms with Gasteiger partial charge in [-0.2, -0.15) is 0 Å². The molecule has 3 rings (SSSR count). The number of carbonyl (C=O) groups excluding carboxylic acids is 3. The zero-order chi connectivity index (χ0) is 20.1. The minimum absolute atomic E-state index is 0.0264. The summed E-state index contributed by atoms with van der Waals surface area (Å²) in [6.07, 6.45) is 1.33. The fourth-order valence-corrected chi connectivity index (χ4v) is 4.33. The van der Waals surface area contributed by atoms with Crippen molar-refractivity contribution in [2.45, 2.75) is 32.2 Å². The quantitative estimate of drug-likeness (QED) is 0.454. The van der Waals surface area contributed by atoms with E-state index in [4.69, 9.17) is 0 Å². The minimum Gasteiger partial charge on any atom is -0.370 e. The first-order valence-electron chi connectivity index (χ1n) is 8.77. The van der Waals surface area contributed by atoms with Gasteiger partial charge in [-0.05, 0) is 18.1 Å². The van der Waals surface area contributed by atoms with Crippen LogP contribution in [-0.2, 0) is 16.0 Å². The number of fused-ring (bicyclic) bond motifs is 1. The molecule has 0 aromatic heterocycles. The third kappa shape index (κ3) is 2.48. The maximum absolute atomic E-state index is 13.2. The second-order valence-electron chi connectivity index (χ2n) is 7.14. The molecule has 4 amide bonds. The van der Waals surface area contributed by atoms with Gasteiger partial charge in [0.05, 0.1) is 11.0 Å². The van der Waals surface area contributed by atoms with Gasteiger partial charge in [-0.15, -0.1) is 0 Å². The number of amides is 4. The number of anilines is 1. The van der Waals surface area contributed by atoms with Crippen LogP contribution in [-0.4, -0.2) is 59.8 Å². The number of hydrogen-bond donors (Lipinski definition) is 0. The predicted octanol–water partition coefficient (Wildman–Crippen LogP) is 1.79. The van der Waals surface area contributed by atoms with Crippen LogP contribution in [0, 0.1) is 15.5 Å². The molecule has 1 aromatic carbocycles. The van der Waals surface area contributed by atoms with Gasteiger partial charge in [0.1, 0.15) is 0 Å². The molecular weight excluding hydrogens is 352 g/mol. The van der Waals surface area contributed by atoms with Crippen LogP contribution < -0.4 is 4.90 Å². The van der Waals surface area contributed by atoms with Crippen molar-refractivity contribution in [2.24, 2.45) is 5.41 Å². The molecule has 1 spiro atoms. The van der Waals surface area contributed by atoms with Crippen LogP contribution in [0.25, 0.3) is 0 Å². The molecule has 144 valence electrons. The Kier molecular flexibility index (Phi) is 4.41. The van der Waals surface area contributed by atoms with Crippen LogP contribution in [0.3, 0.4) is 0 Å². The lowest BCUT2D eigenvalue weighted by Crippen LogP contribution is -2.71. The van der Waals surface area contributed by atoms with E-state index in [-0.39, 0.29) is 12.1 Å². The largest absolute Gasteiger partial charge is 0.370 e. The fraction of sp³-hybridized carbons (Fsp3) is 0.500. The SMILES string of the molecule is CCC[C@H]1N(C)c2ccc([N+](=O)[O-])cc2CC12C(=O)N(C)C(=O)N(C)C2=O. The molecule has 0 aliphatic carbocycles. The van der Waals surface area contributed by atoms with Crippen LogP contribution in [0.5, 0.6) is 0 Å². The standard InChI is InChI=1S/C18H22N4O5/c1-5-6-14-18(15(23)20(3)17(25)21(4)16(18)24)10-11-9-12(22(26)27)7-8-13(11)19(14)2/h7-9,14H,5-6,10H2,1-4H3/t14-/m1/s1. The van der Waals surface area contributed by atoms with E-state index in [1.165, 1.54) is 26.2 Å². The van der Waals surface area contributed by atoms with Crippen molar-refractivity contribution in [1.82, 2.24) is 9.80 Å². The van der Waals surface area contributed by atoms with Gasteiger partial charge in [-0.1, -0.05) is 13.3 Å². The van der Waals surface area contributed by atoms with E-state index in [0.717, 1.165) is 21.9 Å². The molecule has 0 saturated carbocycles. The summed E-state index contributed by atoms with van der Waals surface area (Å²) in [5.41, 5.74) is -0.270. The number of hydrogen-bond acceptors (Lipinski definition) is 6. The zero-order valence-electron chi connectivity index (χ0n) is 15.8. The second-order valence-corrected chi connectivity index (χ2v) is 7.14. The van der Waals surface area contributed by atoms with Crippen molar-refractivity contribution in [1.29, 1.82) is 0 Å². The molecule has 0 radical (unpaired) electrons. The van der Waals surface area contributed by atoms with Crippen LogP contribution >= 0.6 is 0 Å². The van der Waals surface area contributed by atoms with Gasteiger partial charge < -0.3 is 4.90 Å². The van der Waals surface area contributed by atoms with Gasteiger partial charge in [0.2, 0.25) is 11.8 Å². The van der Waals surface area contributed by atoms with Crippen molar-refractivity contribution in [3.63, 3.8) is 0 Å². The Hall–Kier alpha value is -2.97. The summed E-state index contributed by atoms with van der Waals surface area (Å²) in [5, 5.41) is 11.2. The molecule has 0 N–H and O–H groups in total. The lowest BCUT2D eigenvalue weighted by Gasteiger charge is -2.52. The number of urea groups is 1. The van der Waals surface area contributed by atoms with Gasteiger partial charge in [-0.3, -0.25) is 29.5 Å². The molecule has 1 saturated heterocycles.